The van der Waals surface area contributed by atoms with Crippen molar-refractivity contribution in [1.82, 2.24) is 5.32 Å². The van der Waals surface area contributed by atoms with Crippen molar-refractivity contribution in [1.29, 1.82) is 0 Å². The summed E-state index contributed by atoms with van der Waals surface area (Å²) in [4.78, 5) is 19.2. The fraction of sp³-hybridized carbons (Fsp3) is 0.222. The van der Waals surface area contributed by atoms with E-state index in [1.54, 1.807) is 24.3 Å². The van der Waals surface area contributed by atoms with E-state index in [0.29, 0.717) is 31.6 Å². The lowest BCUT2D eigenvalue weighted by atomic mass is 10.3. The summed E-state index contributed by atoms with van der Waals surface area (Å²) in [5.74, 6) is 1.17. The molecular weight excluding hydrogens is 393 g/mol. The van der Waals surface area contributed by atoms with Crippen molar-refractivity contribution in [2.75, 3.05) is 18.0 Å². The number of halogens is 2. The molecule has 1 amide bonds. The van der Waals surface area contributed by atoms with Crippen LogP contribution in [-0.2, 0) is 4.79 Å². The predicted molar refractivity (Wildman–Crippen MR) is 110 cm³/mol. The Labute approximate surface area is 166 Å². The Morgan fingerprint density at radius 3 is 2.73 bits per heavy atom. The highest BCUT2D eigenvalue weighted by molar-refractivity contribution is 8.18. The van der Waals surface area contributed by atoms with Crippen molar-refractivity contribution < 1.29 is 9.21 Å². The molecule has 0 aliphatic carbocycles. The van der Waals surface area contributed by atoms with Gasteiger partial charge in [0.25, 0.3) is 5.91 Å². The molecule has 0 spiro atoms. The molecule has 0 saturated carbocycles. The van der Waals surface area contributed by atoms with Crippen LogP contribution in [0.2, 0.25) is 10.0 Å². The Balaban J connectivity index is 1.80. The second-order valence-corrected chi connectivity index (χ2v) is 7.22. The highest BCUT2D eigenvalue weighted by atomic mass is 35.5. The number of nitrogens with zero attached hydrogens (tertiary/aromatic N) is 2. The molecule has 136 valence electrons. The van der Waals surface area contributed by atoms with E-state index in [2.05, 4.69) is 29.1 Å². The number of benzene rings is 1. The number of hydrogen-bond donors (Lipinski definition) is 1. The van der Waals surface area contributed by atoms with Gasteiger partial charge in [0.2, 0.25) is 0 Å². The van der Waals surface area contributed by atoms with Crippen LogP contribution in [0.15, 0.2) is 44.6 Å². The zero-order valence-corrected chi connectivity index (χ0v) is 16.6. The molecule has 1 N–H and O–H groups in total. The first-order chi connectivity index (χ1) is 12.5. The van der Waals surface area contributed by atoms with Crippen molar-refractivity contribution in [3.63, 3.8) is 0 Å². The van der Waals surface area contributed by atoms with Crippen molar-refractivity contribution in [3.8, 4) is 0 Å². The van der Waals surface area contributed by atoms with Gasteiger partial charge >= 0.3 is 0 Å². The van der Waals surface area contributed by atoms with Gasteiger partial charge in [-0.1, -0.05) is 29.3 Å². The fourth-order valence-electron chi connectivity index (χ4n) is 2.42. The minimum Gasteiger partial charge on any atom is -0.441 e. The second-order valence-electron chi connectivity index (χ2n) is 5.40. The Hall–Kier alpha value is -1.89. The maximum absolute atomic E-state index is 12.2. The number of carbonyl (C=O) groups is 1. The van der Waals surface area contributed by atoms with Gasteiger partial charge in [0, 0.05) is 25.2 Å². The molecule has 0 unspecified atom stereocenters. The molecule has 1 aromatic heterocycles. The molecular formula is C18H17Cl2N3O2S. The van der Waals surface area contributed by atoms with Gasteiger partial charge in [0.1, 0.15) is 5.76 Å². The summed E-state index contributed by atoms with van der Waals surface area (Å²) in [5, 5.41) is 3.93. The molecule has 3 rings (SSSR count). The molecule has 2 aromatic rings. The number of thioether (sulfide) groups is 1. The third kappa shape index (κ3) is 4.09. The predicted octanol–water partition coefficient (Wildman–Crippen LogP) is 5.32. The maximum atomic E-state index is 12.2. The number of nitrogens with one attached hydrogen (secondary N) is 1. The smallest absolute Gasteiger partial charge is 0.264 e. The van der Waals surface area contributed by atoms with Gasteiger partial charge in [-0.15, -0.1) is 0 Å². The van der Waals surface area contributed by atoms with Gasteiger partial charge < -0.3 is 14.6 Å². The summed E-state index contributed by atoms with van der Waals surface area (Å²) in [6.45, 7) is 5.83. The van der Waals surface area contributed by atoms with E-state index in [-0.39, 0.29) is 5.91 Å². The van der Waals surface area contributed by atoms with Crippen molar-refractivity contribution in [2.24, 2.45) is 4.99 Å². The van der Waals surface area contributed by atoms with Crippen LogP contribution >= 0.6 is 35.0 Å². The Morgan fingerprint density at radius 1 is 1.23 bits per heavy atom. The lowest BCUT2D eigenvalue weighted by molar-refractivity contribution is -0.115. The monoisotopic (exact) mass is 409 g/mol. The largest absolute Gasteiger partial charge is 0.441 e. The molecule has 8 heteroatoms. The van der Waals surface area contributed by atoms with E-state index in [0.717, 1.165) is 19.0 Å². The topological polar surface area (TPSA) is 57.8 Å². The van der Waals surface area contributed by atoms with E-state index in [4.69, 9.17) is 27.6 Å². The molecule has 0 bridgehead atoms. The fourth-order valence-corrected chi connectivity index (χ4v) is 3.58. The van der Waals surface area contributed by atoms with Crippen LogP contribution in [0.25, 0.3) is 6.08 Å². The maximum Gasteiger partial charge on any atom is 0.264 e. The van der Waals surface area contributed by atoms with Crippen LogP contribution in [0.5, 0.6) is 0 Å². The third-order valence-electron chi connectivity index (χ3n) is 3.77. The molecule has 0 radical (unpaired) electrons. The number of amidine groups is 1. The van der Waals surface area contributed by atoms with Gasteiger partial charge in [-0.05, 0) is 43.8 Å². The standard InChI is InChI=1S/C18H17Cl2N3O2S/c1-3-23(4-2)15-9-8-11(25-15)10-14-17(24)22-18(26-14)21-13-7-5-6-12(19)16(13)20/h5-10H,3-4H2,1-2H3,(H,21,22,24)/b14-10-. The molecule has 1 aliphatic rings. The zero-order chi connectivity index (χ0) is 18.7. The van der Waals surface area contributed by atoms with E-state index in [1.165, 1.54) is 11.8 Å². The minimum atomic E-state index is -0.229. The van der Waals surface area contributed by atoms with Gasteiger partial charge in [-0.2, -0.15) is 0 Å². The summed E-state index contributed by atoms with van der Waals surface area (Å²) >= 11 is 13.4. The first-order valence-corrected chi connectivity index (χ1v) is 9.67. The van der Waals surface area contributed by atoms with Crippen LogP contribution < -0.4 is 10.2 Å². The molecule has 1 fully saturated rings. The van der Waals surface area contributed by atoms with Gasteiger partial charge in [-0.25, -0.2) is 4.99 Å². The number of amides is 1. The first-order valence-electron chi connectivity index (χ1n) is 8.10. The van der Waals surface area contributed by atoms with Gasteiger partial charge in [0.15, 0.2) is 11.1 Å². The zero-order valence-electron chi connectivity index (χ0n) is 14.3. The van der Waals surface area contributed by atoms with E-state index < -0.39 is 0 Å². The molecule has 1 aromatic carbocycles. The Morgan fingerprint density at radius 2 is 2.00 bits per heavy atom. The van der Waals surface area contributed by atoms with E-state index in [1.807, 2.05) is 12.1 Å². The van der Waals surface area contributed by atoms with Crippen molar-refractivity contribution in [2.45, 2.75) is 13.8 Å². The molecule has 2 heterocycles. The third-order valence-corrected chi connectivity index (χ3v) is 5.48. The Kier molecular flexibility index (Phi) is 5.96. The summed E-state index contributed by atoms with van der Waals surface area (Å²) in [6, 6.07) is 8.92. The highest BCUT2D eigenvalue weighted by Crippen LogP contribution is 2.34. The number of furan rings is 1. The van der Waals surface area contributed by atoms with Crippen molar-refractivity contribution in [3.05, 3.63) is 51.0 Å². The molecule has 0 atom stereocenters. The number of hydrogen-bond acceptors (Lipinski definition) is 5. The van der Waals surface area contributed by atoms with Crippen LogP contribution in [-0.4, -0.2) is 24.2 Å². The lowest BCUT2D eigenvalue weighted by Gasteiger charge is -2.16. The van der Waals surface area contributed by atoms with Crippen molar-refractivity contribution >= 4 is 63.7 Å². The Bertz CT molecular complexity index is 888. The number of rotatable bonds is 5. The molecule has 1 aliphatic heterocycles. The normalized spacial score (nSPS) is 17.2. The first kappa shape index (κ1) is 18.9. The summed E-state index contributed by atoms with van der Waals surface area (Å²) in [6.07, 6.45) is 1.70. The van der Waals surface area contributed by atoms with E-state index in [9.17, 15) is 4.79 Å². The second kappa shape index (κ2) is 8.20. The number of carbonyl (C=O) groups excluding carboxylic acids is 1. The van der Waals surface area contributed by atoms with E-state index >= 15 is 0 Å². The average Bonchev–Trinajstić information content (AvgIpc) is 3.21. The van der Waals surface area contributed by atoms with Crippen LogP contribution in [0.3, 0.4) is 0 Å². The van der Waals surface area contributed by atoms with Gasteiger partial charge in [0.05, 0.1) is 20.6 Å². The average molecular weight is 410 g/mol. The summed E-state index contributed by atoms with van der Waals surface area (Å²) in [7, 11) is 0. The quantitative estimate of drug-likeness (QED) is 0.678. The minimum absolute atomic E-state index is 0.229. The highest BCUT2D eigenvalue weighted by Gasteiger charge is 2.25. The molecule has 1 saturated heterocycles. The lowest BCUT2D eigenvalue weighted by Crippen LogP contribution is -2.20. The SMILES string of the molecule is CCN(CC)c1ccc(/C=C2\SC(=Nc3cccc(Cl)c3Cl)NC2=O)o1. The molecule has 5 nitrogen and oxygen atoms in total. The summed E-state index contributed by atoms with van der Waals surface area (Å²) in [5.41, 5.74) is 0.505. The number of anilines is 1. The van der Waals surface area contributed by atoms with Crippen LogP contribution in [0.4, 0.5) is 11.6 Å². The number of aliphatic imine (C=N–C) groups is 1. The van der Waals surface area contributed by atoms with Crippen LogP contribution in [0.1, 0.15) is 19.6 Å². The molecule has 26 heavy (non-hydrogen) atoms. The van der Waals surface area contributed by atoms with Crippen LogP contribution in [0, 0.1) is 0 Å². The van der Waals surface area contributed by atoms with Gasteiger partial charge in [-0.3, -0.25) is 4.79 Å². The summed E-state index contributed by atoms with van der Waals surface area (Å²) < 4.78 is 5.80.